The zero-order valence-corrected chi connectivity index (χ0v) is 10.1. The van der Waals surface area contributed by atoms with Crippen LogP contribution in [0.15, 0.2) is 30.5 Å². The van der Waals surface area contributed by atoms with Gasteiger partial charge in [-0.1, -0.05) is 12.1 Å². The number of carboxylic acid groups (broad SMARTS) is 1. The van der Waals surface area contributed by atoms with Gasteiger partial charge in [0.25, 0.3) is 0 Å². The lowest BCUT2D eigenvalue weighted by Gasteiger charge is -2.11. The van der Waals surface area contributed by atoms with Crippen molar-refractivity contribution in [2.75, 3.05) is 0 Å². The number of aromatic amines is 1. The van der Waals surface area contributed by atoms with Gasteiger partial charge in [0.1, 0.15) is 6.29 Å². The van der Waals surface area contributed by atoms with E-state index in [0.29, 0.717) is 12.0 Å². The first-order chi connectivity index (χ1) is 9.20. The summed E-state index contributed by atoms with van der Waals surface area (Å²) < 4.78 is 0. The monoisotopic (exact) mass is 262 g/mol. The summed E-state index contributed by atoms with van der Waals surface area (Å²) in [4.78, 5) is 29.6. The van der Waals surface area contributed by atoms with Crippen molar-refractivity contribution in [1.29, 1.82) is 0 Å². The fourth-order valence-corrected chi connectivity index (χ4v) is 1.70. The van der Waals surface area contributed by atoms with E-state index in [1.165, 1.54) is 0 Å². The molecule has 1 heterocycles. The second kappa shape index (κ2) is 6.01. The van der Waals surface area contributed by atoms with Crippen LogP contribution < -0.4 is 10.3 Å². The molecule has 0 aliphatic heterocycles. The van der Waals surface area contributed by atoms with Gasteiger partial charge >= 0.3 is 5.97 Å². The Kier molecular flexibility index (Phi) is 4.15. The standard InChI is InChI=1S/C13H14N2O4/c16-8-9(5-6-13(17)18)15-19-12-7-14-11-4-2-1-3-10(11)12/h1-4,7-9,14-15H,5-6H2,(H,17,18)/t9-/m0/s1. The van der Waals surface area contributed by atoms with Crippen LogP contribution in [0.4, 0.5) is 0 Å². The zero-order valence-electron chi connectivity index (χ0n) is 10.1. The molecule has 1 aromatic carbocycles. The average Bonchev–Trinajstić information content (AvgIpc) is 2.82. The number of aldehydes is 1. The van der Waals surface area contributed by atoms with E-state index < -0.39 is 12.0 Å². The third kappa shape index (κ3) is 3.32. The molecule has 0 amide bonds. The molecule has 0 radical (unpaired) electrons. The summed E-state index contributed by atoms with van der Waals surface area (Å²) in [5.41, 5.74) is 3.49. The maximum absolute atomic E-state index is 10.8. The number of hydrogen-bond acceptors (Lipinski definition) is 4. The molecule has 2 rings (SSSR count). The van der Waals surface area contributed by atoms with E-state index in [1.54, 1.807) is 6.20 Å². The maximum atomic E-state index is 10.8. The number of hydroxylamine groups is 1. The number of hydrogen-bond donors (Lipinski definition) is 3. The van der Waals surface area contributed by atoms with E-state index in [-0.39, 0.29) is 12.8 Å². The first kappa shape index (κ1) is 13.1. The first-order valence-corrected chi connectivity index (χ1v) is 5.86. The van der Waals surface area contributed by atoms with Crippen LogP contribution in [-0.4, -0.2) is 28.4 Å². The Morgan fingerprint density at radius 1 is 1.47 bits per heavy atom. The Labute approximate surface area is 109 Å². The van der Waals surface area contributed by atoms with Crippen LogP contribution in [-0.2, 0) is 9.59 Å². The normalized spacial score (nSPS) is 12.2. The fraction of sp³-hybridized carbons (Fsp3) is 0.231. The van der Waals surface area contributed by atoms with E-state index in [0.717, 1.165) is 10.9 Å². The minimum Gasteiger partial charge on any atom is -0.481 e. The predicted octanol–water partition coefficient (Wildman–Crippen LogP) is 1.48. The molecule has 0 saturated heterocycles. The maximum Gasteiger partial charge on any atom is 0.303 e. The van der Waals surface area contributed by atoms with Gasteiger partial charge in [-0.2, -0.15) is 0 Å². The molecule has 6 nitrogen and oxygen atoms in total. The molecule has 2 aromatic rings. The molecular formula is C13H14N2O4. The quantitative estimate of drug-likeness (QED) is 0.519. The highest BCUT2D eigenvalue weighted by atomic mass is 16.6. The lowest BCUT2D eigenvalue weighted by Crippen LogP contribution is -2.33. The minimum absolute atomic E-state index is 0.0896. The first-order valence-electron chi connectivity index (χ1n) is 5.86. The molecule has 0 aliphatic rings. The smallest absolute Gasteiger partial charge is 0.303 e. The summed E-state index contributed by atoms with van der Waals surface area (Å²) in [6.45, 7) is 0. The van der Waals surface area contributed by atoms with E-state index in [9.17, 15) is 9.59 Å². The topological polar surface area (TPSA) is 91.4 Å². The van der Waals surface area contributed by atoms with Crippen LogP contribution in [0.3, 0.4) is 0 Å². The lowest BCUT2D eigenvalue weighted by molar-refractivity contribution is -0.137. The molecule has 19 heavy (non-hydrogen) atoms. The summed E-state index contributed by atoms with van der Waals surface area (Å²) in [7, 11) is 0. The van der Waals surface area contributed by atoms with Gasteiger partial charge in [-0.3, -0.25) is 4.79 Å². The van der Waals surface area contributed by atoms with Crippen molar-refractivity contribution in [1.82, 2.24) is 10.5 Å². The summed E-state index contributed by atoms with van der Waals surface area (Å²) in [5, 5.41) is 9.45. The second-order valence-electron chi connectivity index (χ2n) is 4.09. The molecule has 1 aromatic heterocycles. The van der Waals surface area contributed by atoms with Crippen LogP contribution in [0, 0.1) is 0 Å². The lowest BCUT2D eigenvalue weighted by atomic mass is 10.2. The van der Waals surface area contributed by atoms with Gasteiger partial charge in [0, 0.05) is 23.5 Å². The van der Waals surface area contributed by atoms with E-state index in [1.807, 2.05) is 24.3 Å². The van der Waals surface area contributed by atoms with Crippen LogP contribution >= 0.6 is 0 Å². The molecule has 0 aliphatic carbocycles. The van der Waals surface area contributed by atoms with E-state index in [4.69, 9.17) is 9.94 Å². The number of rotatable bonds is 7. The predicted molar refractivity (Wildman–Crippen MR) is 68.8 cm³/mol. The number of carbonyl (C=O) groups is 2. The van der Waals surface area contributed by atoms with E-state index >= 15 is 0 Å². The highest BCUT2D eigenvalue weighted by Crippen LogP contribution is 2.24. The van der Waals surface area contributed by atoms with Crippen LogP contribution in [0.5, 0.6) is 5.75 Å². The summed E-state index contributed by atoms with van der Waals surface area (Å²) >= 11 is 0. The van der Waals surface area contributed by atoms with Gasteiger partial charge in [-0.15, -0.1) is 5.48 Å². The van der Waals surface area contributed by atoms with Crippen molar-refractivity contribution in [2.45, 2.75) is 18.9 Å². The van der Waals surface area contributed by atoms with Gasteiger partial charge in [-0.05, 0) is 18.6 Å². The van der Waals surface area contributed by atoms with Gasteiger partial charge < -0.3 is 19.7 Å². The summed E-state index contributed by atoms with van der Waals surface area (Å²) in [5.74, 6) is -0.376. The Balaban J connectivity index is 1.97. The van der Waals surface area contributed by atoms with Gasteiger partial charge in [-0.25, -0.2) is 0 Å². The SMILES string of the molecule is O=C[C@H](CCC(=O)O)NOc1c[nH]c2ccccc12. The number of carbonyl (C=O) groups excluding carboxylic acids is 1. The number of benzene rings is 1. The number of aromatic nitrogens is 1. The van der Waals surface area contributed by atoms with Crippen molar-refractivity contribution >= 4 is 23.2 Å². The van der Waals surface area contributed by atoms with Crippen LogP contribution in [0.25, 0.3) is 10.9 Å². The highest BCUT2D eigenvalue weighted by molar-refractivity contribution is 5.85. The average molecular weight is 262 g/mol. The van der Waals surface area contributed by atoms with E-state index in [2.05, 4.69) is 10.5 Å². The minimum atomic E-state index is -0.944. The molecule has 0 fully saturated rings. The Hall–Kier alpha value is -2.34. The number of fused-ring (bicyclic) bond motifs is 1. The molecule has 0 saturated carbocycles. The Bertz CT molecular complexity index is 579. The van der Waals surface area contributed by atoms with Crippen molar-refractivity contribution in [2.24, 2.45) is 0 Å². The van der Waals surface area contributed by atoms with Crippen LogP contribution in [0.1, 0.15) is 12.8 Å². The number of H-pyrrole nitrogens is 1. The third-order valence-electron chi connectivity index (χ3n) is 2.71. The van der Waals surface area contributed by atoms with Gasteiger partial charge in [0.05, 0.1) is 6.04 Å². The van der Waals surface area contributed by atoms with Crippen LogP contribution in [0.2, 0.25) is 0 Å². The molecule has 6 heteroatoms. The van der Waals surface area contributed by atoms with Gasteiger partial charge in [0.2, 0.25) is 0 Å². The fourth-order valence-electron chi connectivity index (χ4n) is 1.70. The number of nitrogens with one attached hydrogen (secondary N) is 2. The molecule has 0 unspecified atom stereocenters. The summed E-state index contributed by atoms with van der Waals surface area (Å²) in [6.07, 6.45) is 2.41. The third-order valence-corrected chi connectivity index (χ3v) is 2.71. The number of carboxylic acids is 1. The Morgan fingerprint density at radius 2 is 2.26 bits per heavy atom. The van der Waals surface area contributed by atoms with Crippen molar-refractivity contribution in [3.63, 3.8) is 0 Å². The molecule has 0 spiro atoms. The Morgan fingerprint density at radius 3 is 3.00 bits per heavy atom. The van der Waals surface area contributed by atoms with Crippen molar-refractivity contribution in [3.8, 4) is 5.75 Å². The molecule has 3 N–H and O–H groups in total. The molecule has 1 atom stereocenters. The van der Waals surface area contributed by atoms with Crippen molar-refractivity contribution in [3.05, 3.63) is 30.5 Å². The number of aliphatic carboxylic acids is 1. The highest BCUT2D eigenvalue weighted by Gasteiger charge is 2.11. The van der Waals surface area contributed by atoms with Crippen molar-refractivity contribution < 1.29 is 19.5 Å². The molecule has 100 valence electrons. The molecule has 0 bridgehead atoms. The van der Waals surface area contributed by atoms with Gasteiger partial charge in [0.15, 0.2) is 5.75 Å². The number of para-hydroxylation sites is 1. The molecular weight excluding hydrogens is 248 g/mol. The largest absolute Gasteiger partial charge is 0.481 e. The summed E-state index contributed by atoms with van der Waals surface area (Å²) in [6, 6.07) is 6.92. The second-order valence-corrected chi connectivity index (χ2v) is 4.09. The zero-order chi connectivity index (χ0) is 13.7.